The molecule has 1 heteroatoms. The van der Waals surface area contributed by atoms with Crippen LogP contribution < -0.4 is 0 Å². The quantitative estimate of drug-likeness (QED) is 0.711. The van der Waals surface area contributed by atoms with Crippen molar-refractivity contribution in [2.75, 3.05) is 0 Å². The van der Waals surface area contributed by atoms with Gasteiger partial charge < -0.3 is 0 Å². The number of nitrogens with zero attached hydrogens (tertiary/aromatic N) is 1. The van der Waals surface area contributed by atoms with Crippen molar-refractivity contribution in [1.82, 2.24) is 0 Å². The molecular formula is C14H15N. The van der Waals surface area contributed by atoms with Crippen molar-refractivity contribution in [3.05, 3.63) is 35.4 Å². The van der Waals surface area contributed by atoms with E-state index in [4.69, 9.17) is 5.26 Å². The van der Waals surface area contributed by atoms with Crippen molar-refractivity contribution >= 4 is 0 Å². The van der Waals surface area contributed by atoms with Crippen LogP contribution >= 0.6 is 0 Å². The maximum atomic E-state index is 9.10. The fourth-order valence-electron chi connectivity index (χ4n) is 2.41. The lowest BCUT2D eigenvalue weighted by Crippen LogP contribution is -2.09. The van der Waals surface area contributed by atoms with E-state index < -0.39 is 0 Å². The van der Waals surface area contributed by atoms with Crippen LogP contribution in [0.2, 0.25) is 0 Å². The lowest BCUT2D eigenvalue weighted by Gasteiger charge is -2.26. The maximum absolute atomic E-state index is 9.10. The van der Waals surface area contributed by atoms with E-state index in [9.17, 15) is 0 Å². The minimum atomic E-state index is -0.113. The highest BCUT2D eigenvalue weighted by atomic mass is 14.5. The minimum Gasteiger partial charge on any atom is -0.197 e. The maximum Gasteiger partial charge on any atom is 0.0823 e. The minimum absolute atomic E-state index is 0.113. The molecule has 0 unspecified atom stereocenters. The molecule has 0 aromatic heterocycles. The van der Waals surface area contributed by atoms with E-state index in [0.29, 0.717) is 0 Å². The second-order valence-electron chi connectivity index (χ2n) is 4.94. The molecule has 3 rings (SSSR count). The molecule has 0 saturated heterocycles. The molecule has 76 valence electrons. The van der Waals surface area contributed by atoms with Crippen molar-refractivity contribution in [1.29, 1.82) is 5.26 Å². The molecule has 0 atom stereocenters. The summed E-state index contributed by atoms with van der Waals surface area (Å²) in [6.07, 6.45) is 6.18. The van der Waals surface area contributed by atoms with Crippen molar-refractivity contribution in [2.45, 2.75) is 43.4 Å². The third-order valence-electron chi connectivity index (χ3n) is 4.00. The topological polar surface area (TPSA) is 23.8 Å². The Morgan fingerprint density at radius 1 is 1.13 bits per heavy atom. The Balaban J connectivity index is 1.85. The summed E-state index contributed by atoms with van der Waals surface area (Å²) in [6, 6.07) is 11.3. The van der Waals surface area contributed by atoms with Gasteiger partial charge in [-0.1, -0.05) is 30.7 Å². The highest BCUT2D eigenvalue weighted by molar-refractivity contribution is 5.40. The molecule has 0 aliphatic heterocycles. The molecule has 1 aromatic rings. The fraction of sp³-hybridized carbons (Fsp3) is 0.500. The summed E-state index contributed by atoms with van der Waals surface area (Å²) in [5, 5.41) is 9.10. The molecule has 0 bridgehead atoms. The Bertz CT molecular complexity index is 402. The number of hydrogen-bond donors (Lipinski definition) is 0. The predicted molar refractivity (Wildman–Crippen MR) is 59.6 cm³/mol. The van der Waals surface area contributed by atoms with Gasteiger partial charge in [0.15, 0.2) is 0 Å². The molecule has 2 aliphatic rings. The van der Waals surface area contributed by atoms with Crippen molar-refractivity contribution in [3.63, 3.8) is 0 Å². The zero-order valence-corrected chi connectivity index (χ0v) is 8.87. The van der Waals surface area contributed by atoms with Crippen molar-refractivity contribution in [3.8, 4) is 6.07 Å². The average molecular weight is 197 g/mol. The monoisotopic (exact) mass is 197 g/mol. The number of nitriles is 1. The Hall–Kier alpha value is -1.29. The summed E-state index contributed by atoms with van der Waals surface area (Å²) in [7, 11) is 0. The van der Waals surface area contributed by atoms with E-state index in [1.54, 1.807) is 0 Å². The molecule has 2 aliphatic carbocycles. The largest absolute Gasteiger partial charge is 0.197 e. The number of hydrogen-bond acceptors (Lipinski definition) is 1. The van der Waals surface area contributed by atoms with Crippen LogP contribution in [0.5, 0.6) is 0 Å². The van der Waals surface area contributed by atoms with Gasteiger partial charge in [0.1, 0.15) is 0 Å². The first kappa shape index (κ1) is 8.97. The van der Waals surface area contributed by atoms with E-state index in [1.165, 1.54) is 30.4 Å². The molecular weight excluding hydrogens is 182 g/mol. The summed E-state index contributed by atoms with van der Waals surface area (Å²) in [6.45, 7) is 0. The predicted octanol–water partition coefficient (Wildman–Crippen LogP) is 3.51. The first-order chi connectivity index (χ1) is 7.34. The highest BCUT2D eigenvalue weighted by Gasteiger charge is 2.44. The lowest BCUT2D eigenvalue weighted by atomic mass is 9.79. The smallest absolute Gasteiger partial charge is 0.0823 e. The standard InChI is InChI=1S/C14H15N/c15-10-14(8-9-14)13-6-4-12(5-7-13)11-2-1-3-11/h4-7,11H,1-3,8-9H2. The third-order valence-corrected chi connectivity index (χ3v) is 4.00. The van der Waals surface area contributed by atoms with Crippen LogP contribution in [0.3, 0.4) is 0 Å². The summed E-state index contributed by atoms with van der Waals surface area (Å²) < 4.78 is 0. The molecule has 0 N–H and O–H groups in total. The number of benzene rings is 1. The van der Waals surface area contributed by atoms with Gasteiger partial charge in [0.05, 0.1) is 11.5 Å². The Morgan fingerprint density at radius 3 is 2.20 bits per heavy atom. The first-order valence-electron chi connectivity index (χ1n) is 5.86. The highest BCUT2D eigenvalue weighted by Crippen LogP contribution is 2.48. The average Bonchev–Trinajstić information content (AvgIpc) is 2.97. The van der Waals surface area contributed by atoms with Gasteiger partial charge in [-0.05, 0) is 42.7 Å². The van der Waals surface area contributed by atoms with E-state index in [1.807, 2.05) is 0 Å². The van der Waals surface area contributed by atoms with Gasteiger partial charge in [0.2, 0.25) is 0 Å². The summed E-state index contributed by atoms with van der Waals surface area (Å²) in [5.41, 5.74) is 2.59. The van der Waals surface area contributed by atoms with Crippen LogP contribution in [0.4, 0.5) is 0 Å². The van der Waals surface area contributed by atoms with Crippen LogP contribution in [0.1, 0.15) is 49.1 Å². The van der Waals surface area contributed by atoms with E-state index in [-0.39, 0.29) is 5.41 Å². The van der Waals surface area contributed by atoms with Crippen molar-refractivity contribution in [2.24, 2.45) is 0 Å². The Kier molecular flexibility index (Phi) is 1.85. The van der Waals surface area contributed by atoms with Crippen LogP contribution in [0.25, 0.3) is 0 Å². The zero-order chi connectivity index (χ0) is 10.3. The summed E-state index contributed by atoms with van der Waals surface area (Å²) in [4.78, 5) is 0. The van der Waals surface area contributed by atoms with Crippen LogP contribution in [0, 0.1) is 11.3 Å². The van der Waals surface area contributed by atoms with Gasteiger partial charge in [-0.2, -0.15) is 5.26 Å². The lowest BCUT2D eigenvalue weighted by molar-refractivity contribution is 0.419. The molecule has 0 radical (unpaired) electrons. The van der Waals surface area contributed by atoms with Crippen molar-refractivity contribution < 1.29 is 0 Å². The third kappa shape index (κ3) is 1.36. The fourth-order valence-corrected chi connectivity index (χ4v) is 2.41. The molecule has 1 aromatic carbocycles. The SMILES string of the molecule is N#CC1(c2ccc(C3CCC3)cc2)CC1. The Labute approximate surface area is 90.7 Å². The Morgan fingerprint density at radius 2 is 1.80 bits per heavy atom. The van der Waals surface area contributed by atoms with Crippen LogP contribution in [-0.4, -0.2) is 0 Å². The van der Waals surface area contributed by atoms with Gasteiger partial charge >= 0.3 is 0 Å². The van der Waals surface area contributed by atoms with Gasteiger partial charge in [-0.3, -0.25) is 0 Å². The van der Waals surface area contributed by atoms with Gasteiger partial charge in [-0.15, -0.1) is 0 Å². The summed E-state index contributed by atoms with van der Waals surface area (Å²) >= 11 is 0. The van der Waals surface area contributed by atoms with E-state index in [0.717, 1.165) is 18.8 Å². The van der Waals surface area contributed by atoms with Gasteiger partial charge in [-0.25, -0.2) is 0 Å². The molecule has 15 heavy (non-hydrogen) atoms. The van der Waals surface area contributed by atoms with Crippen LogP contribution in [0.15, 0.2) is 24.3 Å². The molecule has 2 saturated carbocycles. The van der Waals surface area contributed by atoms with Gasteiger partial charge in [0, 0.05) is 0 Å². The van der Waals surface area contributed by atoms with E-state index >= 15 is 0 Å². The zero-order valence-electron chi connectivity index (χ0n) is 8.87. The summed E-state index contributed by atoms with van der Waals surface area (Å²) in [5.74, 6) is 0.802. The first-order valence-corrected chi connectivity index (χ1v) is 5.86. The molecule has 0 spiro atoms. The molecule has 1 nitrogen and oxygen atoms in total. The number of rotatable bonds is 2. The second kappa shape index (κ2) is 3.10. The molecule has 2 fully saturated rings. The normalized spacial score (nSPS) is 22.9. The van der Waals surface area contributed by atoms with E-state index in [2.05, 4.69) is 30.3 Å². The van der Waals surface area contributed by atoms with Gasteiger partial charge in [0.25, 0.3) is 0 Å². The molecule has 0 amide bonds. The second-order valence-corrected chi connectivity index (χ2v) is 4.94. The molecule has 0 heterocycles. The van der Waals surface area contributed by atoms with Crippen LogP contribution in [-0.2, 0) is 5.41 Å².